The lowest BCUT2D eigenvalue weighted by Gasteiger charge is -2.15. The van der Waals surface area contributed by atoms with Crippen LogP contribution in [0.2, 0.25) is 0 Å². The van der Waals surface area contributed by atoms with Crippen molar-refractivity contribution in [2.45, 2.75) is 26.1 Å². The van der Waals surface area contributed by atoms with E-state index >= 15 is 0 Å². The number of hydrogen-bond acceptors (Lipinski definition) is 3. The van der Waals surface area contributed by atoms with E-state index in [-0.39, 0.29) is 0 Å². The Morgan fingerprint density at radius 3 is 2.53 bits per heavy atom. The van der Waals surface area contributed by atoms with Gasteiger partial charge in [-0.1, -0.05) is 0 Å². The van der Waals surface area contributed by atoms with Crippen molar-refractivity contribution in [2.24, 2.45) is 0 Å². The molecule has 0 aliphatic carbocycles. The molecule has 0 aliphatic heterocycles. The normalized spacial score (nSPS) is 10.5. The van der Waals surface area contributed by atoms with Crippen molar-refractivity contribution in [3.8, 4) is 11.5 Å². The fourth-order valence-corrected chi connectivity index (χ4v) is 2.34. The Bertz CT molecular complexity index is 385. The second-order valence-electron chi connectivity index (χ2n) is 3.87. The molecule has 0 amide bonds. The van der Waals surface area contributed by atoms with Crippen molar-refractivity contribution in [1.82, 2.24) is 0 Å². The highest BCUT2D eigenvalue weighted by molar-refractivity contribution is 9.10. The van der Waals surface area contributed by atoms with Gasteiger partial charge in [-0.25, -0.2) is 0 Å². The first-order valence-electron chi connectivity index (χ1n) is 6.44. The van der Waals surface area contributed by atoms with E-state index in [0.29, 0.717) is 25.7 Å². The Labute approximate surface area is 128 Å². The van der Waals surface area contributed by atoms with E-state index in [9.17, 15) is 0 Å². The van der Waals surface area contributed by atoms with Gasteiger partial charge >= 0.3 is 0 Å². The van der Waals surface area contributed by atoms with Crippen LogP contribution in [-0.4, -0.2) is 26.4 Å². The van der Waals surface area contributed by atoms with Gasteiger partial charge in [-0.05, 0) is 47.5 Å². The molecule has 1 aromatic carbocycles. The van der Waals surface area contributed by atoms with Gasteiger partial charge in [0, 0.05) is 25.5 Å². The maximum atomic E-state index is 5.85. The average Bonchev–Trinajstić information content (AvgIpc) is 2.41. The largest absolute Gasteiger partial charge is 0.490 e. The summed E-state index contributed by atoms with van der Waals surface area (Å²) < 4.78 is 17.5. The summed E-state index contributed by atoms with van der Waals surface area (Å²) in [5.41, 5.74) is 0.999. The van der Waals surface area contributed by atoms with E-state index in [4.69, 9.17) is 25.8 Å². The van der Waals surface area contributed by atoms with Crippen LogP contribution in [0.3, 0.4) is 0 Å². The molecular formula is C14H20BrClO3. The topological polar surface area (TPSA) is 27.7 Å². The first-order chi connectivity index (χ1) is 9.22. The molecule has 0 unspecified atom stereocenters. The third-order valence-corrected chi connectivity index (χ3v) is 3.30. The first kappa shape index (κ1) is 16.6. The van der Waals surface area contributed by atoms with Crippen LogP contribution in [0.5, 0.6) is 11.5 Å². The molecule has 0 aromatic heterocycles. The summed E-state index contributed by atoms with van der Waals surface area (Å²) in [6.07, 6.45) is 0.850. The van der Waals surface area contributed by atoms with Crippen LogP contribution in [0.4, 0.5) is 0 Å². The molecule has 108 valence electrons. The van der Waals surface area contributed by atoms with Crippen LogP contribution in [0.25, 0.3) is 0 Å². The minimum atomic E-state index is 0.448. The van der Waals surface area contributed by atoms with Crippen molar-refractivity contribution in [2.75, 3.05) is 26.4 Å². The minimum Gasteiger partial charge on any atom is -0.490 e. The summed E-state index contributed by atoms with van der Waals surface area (Å²) >= 11 is 9.35. The van der Waals surface area contributed by atoms with Gasteiger partial charge in [0.1, 0.15) is 0 Å². The molecule has 0 N–H and O–H groups in total. The Morgan fingerprint density at radius 1 is 1.11 bits per heavy atom. The molecule has 0 atom stereocenters. The van der Waals surface area contributed by atoms with Gasteiger partial charge in [-0.2, -0.15) is 0 Å². The minimum absolute atomic E-state index is 0.448. The quantitative estimate of drug-likeness (QED) is 0.488. The van der Waals surface area contributed by atoms with E-state index in [2.05, 4.69) is 15.9 Å². The zero-order valence-electron chi connectivity index (χ0n) is 11.4. The van der Waals surface area contributed by atoms with E-state index in [1.54, 1.807) is 0 Å². The SMILES string of the molecule is CCOCCCOc1c(Br)cc(CCl)cc1OCC. The molecule has 19 heavy (non-hydrogen) atoms. The van der Waals surface area contributed by atoms with Crippen molar-refractivity contribution < 1.29 is 14.2 Å². The lowest BCUT2D eigenvalue weighted by Crippen LogP contribution is -2.05. The van der Waals surface area contributed by atoms with E-state index in [1.165, 1.54) is 0 Å². The number of ether oxygens (including phenoxy) is 3. The molecule has 0 fully saturated rings. The number of halogens is 2. The zero-order valence-corrected chi connectivity index (χ0v) is 13.7. The van der Waals surface area contributed by atoms with E-state index < -0.39 is 0 Å². The molecule has 3 nitrogen and oxygen atoms in total. The maximum Gasteiger partial charge on any atom is 0.175 e. The Hall–Kier alpha value is -0.450. The predicted molar refractivity (Wildman–Crippen MR) is 81.5 cm³/mol. The monoisotopic (exact) mass is 350 g/mol. The standard InChI is InChI=1S/C14H20BrClO3/c1-3-17-6-5-7-19-14-12(15)8-11(10-16)9-13(14)18-4-2/h8-9H,3-7,10H2,1-2H3. The van der Waals surface area contributed by atoms with Gasteiger partial charge in [-0.15, -0.1) is 11.6 Å². The second kappa shape index (κ2) is 9.45. The van der Waals surface area contributed by atoms with Crippen molar-refractivity contribution in [3.63, 3.8) is 0 Å². The molecule has 0 heterocycles. The summed E-state index contributed by atoms with van der Waals surface area (Å²) in [7, 11) is 0. The third kappa shape index (κ3) is 5.59. The second-order valence-corrected chi connectivity index (χ2v) is 4.99. The highest BCUT2D eigenvalue weighted by Gasteiger charge is 2.11. The zero-order chi connectivity index (χ0) is 14.1. The summed E-state index contributed by atoms with van der Waals surface area (Å²) in [5, 5.41) is 0. The molecule has 1 rings (SSSR count). The van der Waals surface area contributed by atoms with Gasteiger partial charge in [0.15, 0.2) is 11.5 Å². The fourth-order valence-electron chi connectivity index (χ4n) is 1.58. The lowest BCUT2D eigenvalue weighted by molar-refractivity contribution is 0.130. The predicted octanol–water partition coefficient (Wildman–Crippen LogP) is 4.39. The molecule has 0 bridgehead atoms. The highest BCUT2D eigenvalue weighted by Crippen LogP contribution is 2.37. The molecule has 0 saturated carbocycles. The molecule has 0 aliphatic rings. The lowest BCUT2D eigenvalue weighted by atomic mass is 10.2. The van der Waals surface area contributed by atoms with Crippen LogP contribution in [-0.2, 0) is 10.6 Å². The van der Waals surface area contributed by atoms with Gasteiger partial charge in [0.2, 0.25) is 0 Å². The number of benzene rings is 1. The summed E-state index contributed by atoms with van der Waals surface area (Å²) in [5.74, 6) is 1.90. The van der Waals surface area contributed by atoms with Gasteiger partial charge < -0.3 is 14.2 Å². The smallest absolute Gasteiger partial charge is 0.175 e. The molecular weight excluding hydrogens is 332 g/mol. The fraction of sp³-hybridized carbons (Fsp3) is 0.571. The van der Waals surface area contributed by atoms with Crippen LogP contribution in [0.15, 0.2) is 16.6 Å². The first-order valence-corrected chi connectivity index (χ1v) is 7.77. The van der Waals surface area contributed by atoms with Crippen molar-refractivity contribution in [1.29, 1.82) is 0 Å². The van der Waals surface area contributed by atoms with Crippen molar-refractivity contribution >= 4 is 27.5 Å². The molecule has 0 saturated heterocycles. The molecule has 5 heteroatoms. The van der Waals surface area contributed by atoms with Crippen LogP contribution >= 0.6 is 27.5 Å². The van der Waals surface area contributed by atoms with E-state index in [0.717, 1.165) is 34.6 Å². The molecule has 1 aromatic rings. The Morgan fingerprint density at radius 2 is 1.89 bits per heavy atom. The number of hydrogen-bond donors (Lipinski definition) is 0. The Balaban J connectivity index is 2.68. The van der Waals surface area contributed by atoms with Gasteiger partial charge in [0.05, 0.1) is 17.7 Å². The van der Waals surface area contributed by atoms with Crippen molar-refractivity contribution in [3.05, 3.63) is 22.2 Å². The average molecular weight is 352 g/mol. The summed E-state index contributed by atoms with van der Waals surface area (Å²) in [4.78, 5) is 0. The number of rotatable bonds is 9. The molecule has 0 spiro atoms. The summed E-state index contributed by atoms with van der Waals surface area (Å²) in [6, 6.07) is 3.87. The summed E-state index contributed by atoms with van der Waals surface area (Å²) in [6.45, 7) is 6.55. The Kier molecular flexibility index (Phi) is 8.26. The van der Waals surface area contributed by atoms with E-state index in [1.807, 2.05) is 26.0 Å². The molecule has 0 radical (unpaired) electrons. The van der Waals surface area contributed by atoms with Crippen LogP contribution in [0, 0.1) is 0 Å². The van der Waals surface area contributed by atoms with Gasteiger partial charge in [-0.3, -0.25) is 0 Å². The number of alkyl halides is 1. The van der Waals surface area contributed by atoms with Crippen LogP contribution in [0.1, 0.15) is 25.8 Å². The highest BCUT2D eigenvalue weighted by atomic mass is 79.9. The van der Waals surface area contributed by atoms with Crippen LogP contribution < -0.4 is 9.47 Å². The third-order valence-electron chi connectivity index (χ3n) is 2.41. The maximum absolute atomic E-state index is 5.85. The van der Waals surface area contributed by atoms with Gasteiger partial charge in [0.25, 0.3) is 0 Å².